The van der Waals surface area contributed by atoms with E-state index in [0.717, 1.165) is 31.5 Å². The van der Waals surface area contributed by atoms with Gasteiger partial charge in [0.05, 0.1) is 12.1 Å². The summed E-state index contributed by atoms with van der Waals surface area (Å²) in [4.78, 5) is 17.9. The molecule has 2 rings (SSSR count). The van der Waals surface area contributed by atoms with Crippen LogP contribution in [0.15, 0.2) is 35.7 Å². The Balaban J connectivity index is 1.67. The summed E-state index contributed by atoms with van der Waals surface area (Å²) in [6.45, 7) is 0.783. The summed E-state index contributed by atoms with van der Waals surface area (Å²) >= 11 is 1.37. The zero-order chi connectivity index (χ0) is 15.1. The van der Waals surface area contributed by atoms with Crippen molar-refractivity contribution in [2.45, 2.75) is 25.7 Å². The van der Waals surface area contributed by atoms with Crippen LogP contribution < -0.4 is 5.73 Å². The van der Waals surface area contributed by atoms with Gasteiger partial charge < -0.3 is 10.6 Å². The third-order valence-corrected chi connectivity index (χ3v) is 4.10. The van der Waals surface area contributed by atoms with E-state index in [1.165, 1.54) is 16.9 Å². The van der Waals surface area contributed by atoms with Crippen LogP contribution in [-0.4, -0.2) is 29.4 Å². The Morgan fingerprint density at radius 2 is 2.05 bits per heavy atom. The molecular weight excluding hydrogens is 282 g/mol. The summed E-state index contributed by atoms with van der Waals surface area (Å²) in [7, 11) is 1.85. The molecule has 0 aliphatic rings. The van der Waals surface area contributed by atoms with E-state index in [0.29, 0.717) is 11.6 Å². The number of benzene rings is 1. The number of aryl methyl sites for hydroxylation is 1. The lowest BCUT2D eigenvalue weighted by Crippen LogP contribution is -2.29. The summed E-state index contributed by atoms with van der Waals surface area (Å²) < 4.78 is 0. The minimum Gasteiger partial charge on any atom is -0.375 e. The SMILES string of the molecule is CN(CCCCc1ccccc1)C(=O)Cc1csc(N)n1. The summed E-state index contributed by atoms with van der Waals surface area (Å²) in [6, 6.07) is 10.4. The topological polar surface area (TPSA) is 59.2 Å². The predicted octanol–water partition coefficient (Wildman–Crippen LogP) is 2.75. The molecule has 1 amide bonds. The zero-order valence-corrected chi connectivity index (χ0v) is 13.1. The number of unbranched alkanes of at least 4 members (excludes halogenated alkanes) is 1. The Labute approximate surface area is 129 Å². The van der Waals surface area contributed by atoms with Crippen molar-refractivity contribution < 1.29 is 4.79 Å². The van der Waals surface area contributed by atoms with Crippen molar-refractivity contribution >= 4 is 22.4 Å². The molecule has 0 atom stereocenters. The number of amides is 1. The van der Waals surface area contributed by atoms with Crippen LogP contribution in [0.2, 0.25) is 0 Å². The van der Waals surface area contributed by atoms with Gasteiger partial charge in [0.15, 0.2) is 5.13 Å². The number of aromatic nitrogens is 1. The van der Waals surface area contributed by atoms with Crippen molar-refractivity contribution in [1.82, 2.24) is 9.88 Å². The highest BCUT2D eigenvalue weighted by Gasteiger charge is 2.11. The minimum atomic E-state index is 0.0972. The quantitative estimate of drug-likeness (QED) is 0.800. The number of nitrogens with zero attached hydrogens (tertiary/aromatic N) is 2. The number of rotatable bonds is 7. The van der Waals surface area contributed by atoms with E-state index in [2.05, 4.69) is 29.2 Å². The molecule has 0 saturated heterocycles. The Morgan fingerprint density at radius 1 is 1.29 bits per heavy atom. The Hall–Kier alpha value is -1.88. The third kappa shape index (κ3) is 5.19. The second-order valence-electron chi connectivity index (χ2n) is 5.11. The fraction of sp³-hybridized carbons (Fsp3) is 0.375. The van der Waals surface area contributed by atoms with E-state index in [1.54, 1.807) is 4.90 Å². The van der Waals surface area contributed by atoms with Gasteiger partial charge in [0.25, 0.3) is 0 Å². The Kier molecular flexibility index (Phi) is 5.75. The maximum absolute atomic E-state index is 12.0. The maximum atomic E-state index is 12.0. The number of hydrogen-bond acceptors (Lipinski definition) is 4. The summed E-state index contributed by atoms with van der Waals surface area (Å²) in [5.41, 5.74) is 7.68. The number of thiazole rings is 1. The summed E-state index contributed by atoms with van der Waals surface area (Å²) in [5.74, 6) is 0.0972. The van der Waals surface area contributed by atoms with Crippen LogP contribution in [0.25, 0.3) is 0 Å². The van der Waals surface area contributed by atoms with Gasteiger partial charge in [-0.05, 0) is 24.8 Å². The maximum Gasteiger partial charge on any atom is 0.228 e. The van der Waals surface area contributed by atoms with E-state index in [9.17, 15) is 4.79 Å². The fourth-order valence-corrected chi connectivity index (χ4v) is 2.70. The van der Waals surface area contributed by atoms with Gasteiger partial charge in [-0.3, -0.25) is 4.79 Å². The average Bonchev–Trinajstić information content (AvgIpc) is 2.89. The van der Waals surface area contributed by atoms with Crippen LogP contribution >= 0.6 is 11.3 Å². The van der Waals surface area contributed by atoms with E-state index in [1.807, 2.05) is 18.5 Å². The van der Waals surface area contributed by atoms with Gasteiger partial charge in [0.1, 0.15) is 0 Å². The first-order chi connectivity index (χ1) is 10.1. The molecule has 5 heteroatoms. The first-order valence-corrected chi connectivity index (χ1v) is 8.01. The van der Waals surface area contributed by atoms with E-state index in [-0.39, 0.29) is 5.91 Å². The smallest absolute Gasteiger partial charge is 0.228 e. The Bertz CT molecular complexity index is 568. The largest absolute Gasteiger partial charge is 0.375 e. The highest BCUT2D eigenvalue weighted by molar-refractivity contribution is 7.13. The lowest BCUT2D eigenvalue weighted by atomic mass is 10.1. The van der Waals surface area contributed by atoms with Gasteiger partial charge in [0, 0.05) is 19.0 Å². The number of hydrogen-bond donors (Lipinski definition) is 1. The molecular formula is C16H21N3OS. The van der Waals surface area contributed by atoms with Crippen molar-refractivity contribution in [1.29, 1.82) is 0 Å². The number of anilines is 1. The molecule has 1 aromatic heterocycles. The molecule has 1 heterocycles. The monoisotopic (exact) mass is 303 g/mol. The van der Waals surface area contributed by atoms with Crippen LogP contribution in [0.1, 0.15) is 24.1 Å². The Morgan fingerprint density at radius 3 is 2.71 bits per heavy atom. The lowest BCUT2D eigenvalue weighted by molar-refractivity contribution is -0.129. The van der Waals surface area contributed by atoms with Gasteiger partial charge in [-0.25, -0.2) is 4.98 Å². The number of nitrogen functional groups attached to an aromatic ring is 1. The predicted molar refractivity (Wildman–Crippen MR) is 87.2 cm³/mol. The number of carbonyl (C=O) groups excluding carboxylic acids is 1. The molecule has 112 valence electrons. The molecule has 21 heavy (non-hydrogen) atoms. The summed E-state index contributed by atoms with van der Waals surface area (Å²) in [6.07, 6.45) is 3.50. The van der Waals surface area contributed by atoms with Crippen LogP contribution in [-0.2, 0) is 17.6 Å². The molecule has 0 unspecified atom stereocenters. The molecule has 0 fully saturated rings. The van der Waals surface area contributed by atoms with Crippen LogP contribution in [0, 0.1) is 0 Å². The average molecular weight is 303 g/mol. The van der Waals surface area contributed by atoms with E-state index >= 15 is 0 Å². The van der Waals surface area contributed by atoms with Crippen molar-refractivity contribution in [3.05, 3.63) is 47.0 Å². The van der Waals surface area contributed by atoms with E-state index < -0.39 is 0 Å². The van der Waals surface area contributed by atoms with Gasteiger partial charge >= 0.3 is 0 Å². The highest BCUT2D eigenvalue weighted by atomic mass is 32.1. The number of likely N-dealkylation sites (N-methyl/N-ethyl adjacent to an activating group) is 1. The third-order valence-electron chi connectivity index (χ3n) is 3.38. The van der Waals surface area contributed by atoms with E-state index in [4.69, 9.17) is 5.73 Å². The molecule has 0 bridgehead atoms. The zero-order valence-electron chi connectivity index (χ0n) is 12.3. The number of carbonyl (C=O) groups is 1. The normalized spacial score (nSPS) is 10.5. The number of nitrogens with two attached hydrogens (primary N) is 1. The van der Waals surface area contributed by atoms with Crippen LogP contribution in [0.4, 0.5) is 5.13 Å². The van der Waals surface area contributed by atoms with Crippen molar-refractivity contribution in [3.8, 4) is 0 Å². The lowest BCUT2D eigenvalue weighted by Gasteiger charge is -2.16. The molecule has 2 aromatic rings. The molecule has 2 N–H and O–H groups in total. The first kappa shape index (κ1) is 15.5. The van der Waals surface area contributed by atoms with Gasteiger partial charge in [-0.1, -0.05) is 30.3 Å². The second-order valence-corrected chi connectivity index (χ2v) is 6.00. The fourth-order valence-electron chi connectivity index (χ4n) is 2.14. The van der Waals surface area contributed by atoms with Crippen molar-refractivity contribution in [2.24, 2.45) is 0 Å². The molecule has 0 radical (unpaired) electrons. The van der Waals surface area contributed by atoms with Crippen molar-refractivity contribution in [3.63, 3.8) is 0 Å². The molecule has 4 nitrogen and oxygen atoms in total. The van der Waals surface area contributed by atoms with Crippen LogP contribution in [0.5, 0.6) is 0 Å². The van der Waals surface area contributed by atoms with Gasteiger partial charge in [-0.2, -0.15) is 0 Å². The summed E-state index contributed by atoms with van der Waals surface area (Å²) in [5, 5.41) is 2.36. The molecule has 0 aliphatic heterocycles. The van der Waals surface area contributed by atoms with Crippen LogP contribution in [0.3, 0.4) is 0 Å². The van der Waals surface area contributed by atoms with Gasteiger partial charge in [0.2, 0.25) is 5.91 Å². The standard InChI is InChI=1S/C16H21N3OS/c1-19(15(20)11-14-12-21-16(17)18-14)10-6-5-9-13-7-3-2-4-8-13/h2-4,7-8,12H,5-6,9-11H2,1H3,(H2,17,18). The molecule has 0 aliphatic carbocycles. The van der Waals surface area contributed by atoms with Crippen molar-refractivity contribution in [2.75, 3.05) is 19.3 Å². The molecule has 1 aromatic carbocycles. The molecule has 0 saturated carbocycles. The minimum absolute atomic E-state index is 0.0972. The molecule has 0 spiro atoms. The first-order valence-electron chi connectivity index (χ1n) is 7.13. The second kappa shape index (κ2) is 7.78. The highest BCUT2D eigenvalue weighted by Crippen LogP contribution is 2.12. The van der Waals surface area contributed by atoms with Gasteiger partial charge in [-0.15, -0.1) is 11.3 Å².